The van der Waals surface area contributed by atoms with Crippen molar-refractivity contribution >= 4 is 17.6 Å². The van der Waals surface area contributed by atoms with Crippen molar-refractivity contribution < 1.29 is 19.4 Å². The van der Waals surface area contributed by atoms with Gasteiger partial charge in [-0.15, -0.1) is 0 Å². The fourth-order valence-electron chi connectivity index (χ4n) is 2.72. The zero-order chi connectivity index (χ0) is 12.9. The molecule has 1 aromatic carbocycles. The number of aliphatic carboxylic acids is 1. The lowest BCUT2D eigenvalue weighted by Crippen LogP contribution is -2.24. The number of carboxylic acid groups (broad SMARTS) is 1. The Hall–Kier alpha value is -2.04. The lowest BCUT2D eigenvalue weighted by molar-refractivity contribution is -0.140. The molecule has 1 aliphatic carbocycles. The first-order valence-corrected chi connectivity index (χ1v) is 5.91. The van der Waals surface area contributed by atoms with Gasteiger partial charge in [0, 0.05) is 5.69 Å². The molecule has 1 saturated carbocycles. The van der Waals surface area contributed by atoms with Crippen molar-refractivity contribution in [3.63, 3.8) is 0 Å². The number of carbonyl (C=O) groups is 2. The van der Waals surface area contributed by atoms with Gasteiger partial charge in [-0.25, -0.2) is 0 Å². The Balaban J connectivity index is 2.04. The van der Waals surface area contributed by atoms with Crippen LogP contribution in [0.25, 0.3) is 0 Å². The van der Waals surface area contributed by atoms with Crippen LogP contribution in [0.4, 0.5) is 5.69 Å². The highest BCUT2D eigenvalue weighted by Gasteiger charge is 2.68. The van der Waals surface area contributed by atoms with Crippen molar-refractivity contribution in [2.45, 2.75) is 18.8 Å². The highest BCUT2D eigenvalue weighted by Crippen LogP contribution is 2.60. The van der Waals surface area contributed by atoms with Gasteiger partial charge in [0.1, 0.15) is 5.75 Å². The van der Waals surface area contributed by atoms with Gasteiger partial charge < -0.3 is 15.2 Å². The minimum atomic E-state index is -0.917. The first-order chi connectivity index (χ1) is 8.59. The van der Waals surface area contributed by atoms with Crippen LogP contribution in [-0.2, 0) is 15.0 Å². The number of benzene rings is 1. The molecule has 3 rings (SSSR count). The largest absolute Gasteiger partial charge is 0.494 e. The monoisotopic (exact) mass is 247 g/mol. The molecule has 2 N–H and O–H groups in total. The zero-order valence-electron chi connectivity index (χ0n) is 9.90. The number of ether oxygens (including phenoxy) is 1. The van der Waals surface area contributed by atoms with E-state index in [4.69, 9.17) is 9.84 Å². The summed E-state index contributed by atoms with van der Waals surface area (Å²) in [6.45, 7) is 2.42. The van der Waals surface area contributed by atoms with Crippen molar-refractivity contribution in [3.05, 3.63) is 23.8 Å². The van der Waals surface area contributed by atoms with Crippen LogP contribution in [-0.4, -0.2) is 23.6 Å². The summed E-state index contributed by atoms with van der Waals surface area (Å²) in [6, 6.07) is 5.32. The van der Waals surface area contributed by atoms with Gasteiger partial charge in [-0.05, 0) is 37.1 Å². The highest BCUT2D eigenvalue weighted by molar-refractivity contribution is 6.12. The van der Waals surface area contributed by atoms with Crippen molar-refractivity contribution in [1.29, 1.82) is 0 Å². The average Bonchev–Trinajstić information content (AvgIpc) is 3.01. The second-order valence-electron chi connectivity index (χ2n) is 4.66. The molecule has 0 saturated heterocycles. The Labute approximate surface area is 104 Å². The molecule has 1 fully saturated rings. The normalized spacial score (nSPS) is 27.8. The van der Waals surface area contributed by atoms with E-state index in [1.807, 2.05) is 6.92 Å². The van der Waals surface area contributed by atoms with E-state index in [1.54, 1.807) is 18.2 Å². The predicted molar refractivity (Wildman–Crippen MR) is 63.7 cm³/mol. The quantitative estimate of drug-likeness (QED) is 0.846. The Morgan fingerprint density at radius 3 is 3.00 bits per heavy atom. The maximum atomic E-state index is 12.0. The second-order valence-corrected chi connectivity index (χ2v) is 4.66. The fourth-order valence-corrected chi connectivity index (χ4v) is 2.72. The molecule has 18 heavy (non-hydrogen) atoms. The summed E-state index contributed by atoms with van der Waals surface area (Å²) in [5.41, 5.74) is 0.590. The topological polar surface area (TPSA) is 75.6 Å². The molecule has 0 aromatic heterocycles. The van der Waals surface area contributed by atoms with E-state index in [-0.39, 0.29) is 5.91 Å². The first kappa shape index (κ1) is 11.1. The SMILES string of the molecule is CCOc1ccc2c(c1)C1(CC1C(=O)O)C(=O)N2. The first-order valence-electron chi connectivity index (χ1n) is 5.91. The second kappa shape index (κ2) is 3.48. The maximum absolute atomic E-state index is 12.0. The van der Waals surface area contributed by atoms with Crippen LogP contribution in [0.2, 0.25) is 0 Å². The summed E-state index contributed by atoms with van der Waals surface area (Å²) in [7, 11) is 0. The van der Waals surface area contributed by atoms with Crippen LogP contribution in [0, 0.1) is 5.92 Å². The Morgan fingerprint density at radius 1 is 1.61 bits per heavy atom. The molecule has 2 unspecified atom stereocenters. The standard InChI is InChI=1S/C13H13NO4/c1-2-18-7-3-4-10-8(5-7)13(12(17)14-10)6-9(13)11(15)16/h3-5,9H,2,6H2,1H3,(H,14,17)(H,15,16). The van der Waals surface area contributed by atoms with Gasteiger partial charge in [-0.3, -0.25) is 9.59 Å². The van der Waals surface area contributed by atoms with Crippen LogP contribution < -0.4 is 10.1 Å². The van der Waals surface area contributed by atoms with Gasteiger partial charge in [0.2, 0.25) is 5.91 Å². The molecular weight excluding hydrogens is 234 g/mol. The van der Waals surface area contributed by atoms with Crippen molar-refractivity contribution in [1.82, 2.24) is 0 Å². The summed E-state index contributed by atoms with van der Waals surface area (Å²) < 4.78 is 5.40. The molecule has 1 spiro atoms. The van der Waals surface area contributed by atoms with Gasteiger partial charge in [0.15, 0.2) is 0 Å². The van der Waals surface area contributed by atoms with E-state index in [2.05, 4.69) is 5.32 Å². The number of nitrogens with one attached hydrogen (secondary N) is 1. The molecule has 2 aliphatic rings. The third-order valence-electron chi connectivity index (χ3n) is 3.69. The van der Waals surface area contributed by atoms with Gasteiger partial charge in [0.05, 0.1) is 17.9 Å². The number of carbonyl (C=O) groups excluding carboxylic acids is 1. The van der Waals surface area contributed by atoms with Crippen molar-refractivity contribution in [3.8, 4) is 5.75 Å². The predicted octanol–water partition coefficient (Wildman–Crippen LogP) is 1.38. The Bertz CT molecular complexity index is 554. The van der Waals surface area contributed by atoms with Crippen molar-refractivity contribution in [2.75, 3.05) is 11.9 Å². The van der Waals surface area contributed by atoms with Gasteiger partial charge in [-0.1, -0.05) is 0 Å². The summed E-state index contributed by atoms with van der Waals surface area (Å²) in [5, 5.41) is 11.8. The average molecular weight is 247 g/mol. The minimum Gasteiger partial charge on any atom is -0.494 e. The lowest BCUT2D eigenvalue weighted by atomic mass is 9.94. The number of carboxylic acids is 1. The molecule has 94 valence electrons. The van der Waals surface area contributed by atoms with Gasteiger partial charge >= 0.3 is 5.97 Å². The number of hydrogen-bond donors (Lipinski definition) is 2. The molecule has 0 radical (unpaired) electrons. The molecule has 5 nitrogen and oxygen atoms in total. The Kier molecular flexibility index (Phi) is 2.14. The van der Waals surface area contributed by atoms with E-state index in [0.717, 1.165) is 5.56 Å². The highest BCUT2D eigenvalue weighted by atomic mass is 16.5. The molecule has 1 amide bonds. The maximum Gasteiger partial charge on any atom is 0.307 e. The van der Waals surface area contributed by atoms with Crippen LogP contribution in [0.5, 0.6) is 5.75 Å². The van der Waals surface area contributed by atoms with Crippen LogP contribution in [0.15, 0.2) is 18.2 Å². The lowest BCUT2D eigenvalue weighted by Gasteiger charge is -2.09. The van der Waals surface area contributed by atoms with E-state index in [9.17, 15) is 9.59 Å². The zero-order valence-corrected chi connectivity index (χ0v) is 9.90. The third-order valence-corrected chi connectivity index (χ3v) is 3.69. The van der Waals surface area contributed by atoms with Gasteiger partial charge in [0.25, 0.3) is 0 Å². The summed E-state index contributed by atoms with van der Waals surface area (Å²) in [4.78, 5) is 23.1. The van der Waals surface area contributed by atoms with Crippen LogP contribution in [0.1, 0.15) is 18.9 Å². The summed E-state index contributed by atoms with van der Waals surface area (Å²) in [5.74, 6) is -1.07. The summed E-state index contributed by atoms with van der Waals surface area (Å²) >= 11 is 0. The number of hydrogen-bond acceptors (Lipinski definition) is 3. The van der Waals surface area contributed by atoms with E-state index in [0.29, 0.717) is 24.5 Å². The van der Waals surface area contributed by atoms with E-state index >= 15 is 0 Å². The minimum absolute atomic E-state index is 0.210. The van der Waals surface area contributed by atoms with Crippen molar-refractivity contribution in [2.24, 2.45) is 5.92 Å². The van der Waals surface area contributed by atoms with E-state index < -0.39 is 17.3 Å². The molecule has 5 heteroatoms. The van der Waals surface area contributed by atoms with Crippen LogP contribution >= 0.6 is 0 Å². The third kappa shape index (κ3) is 1.27. The van der Waals surface area contributed by atoms with Crippen LogP contribution in [0.3, 0.4) is 0 Å². The number of rotatable bonds is 3. The number of anilines is 1. The molecule has 2 atom stereocenters. The molecule has 1 aromatic rings. The molecule has 1 aliphatic heterocycles. The fraction of sp³-hybridized carbons (Fsp3) is 0.385. The summed E-state index contributed by atoms with van der Waals surface area (Å²) in [6.07, 6.45) is 0.372. The van der Waals surface area contributed by atoms with E-state index in [1.165, 1.54) is 0 Å². The number of fused-ring (bicyclic) bond motifs is 2. The Morgan fingerprint density at radius 2 is 2.39 bits per heavy atom. The molecule has 0 bridgehead atoms. The van der Waals surface area contributed by atoms with Gasteiger partial charge in [-0.2, -0.15) is 0 Å². The number of amides is 1. The molecular formula is C13H13NO4. The molecule has 1 heterocycles. The smallest absolute Gasteiger partial charge is 0.307 e.